The van der Waals surface area contributed by atoms with E-state index in [0.29, 0.717) is 11.0 Å². The molecule has 6 heteroatoms. The van der Waals surface area contributed by atoms with E-state index in [9.17, 15) is 14.9 Å². The van der Waals surface area contributed by atoms with Gasteiger partial charge in [0.05, 0.1) is 19.6 Å². The first-order valence-electron chi connectivity index (χ1n) is 4.85. The first kappa shape index (κ1) is 11.0. The number of carbonyl (C=O) groups is 1. The average molecular weight is 222 g/mol. The monoisotopic (exact) mass is 222 g/mol. The Morgan fingerprint density at radius 1 is 1.62 bits per heavy atom. The molecule has 5 nitrogen and oxygen atoms in total. The first-order chi connectivity index (χ1) is 7.61. The van der Waals surface area contributed by atoms with Crippen LogP contribution in [0.25, 0.3) is 0 Å². The zero-order valence-electron chi connectivity index (χ0n) is 8.71. The third kappa shape index (κ3) is 1.89. The normalized spacial score (nSPS) is 18.4. The number of hydrogen-bond acceptors (Lipinski definition) is 5. The summed E-state index contributed by atoms with van der Waals surface area (Å²) < 4.78 is 9.74. The number of ether oxygens (including phenoxy) is 1. The summed E-state index contributed by atoms with van der Waals surface area (Å²) in [6, 6.07) is 4.55. The second kappa shape index (κ2) is 4.15. The molecule has 1 atom stereocenters. The van der Waals surface area contributed by atoms with Crippen LogP contribution < -0.4 is 5.46 Å². The maximum absolute atomic E-state index is 11.1. The smallest absolute Gasteiger partial charge is 0.492 e. The largest absolute Gasteiger partial charge is 0.508 e. The molecule has 0 saturated heterocycles. The molecule has 16 heavy (non-hydrogen) atoms. The lowest BCUT2D eigenvalue weighted by molar-refractivity contribution is -0.142. The minimum absolute atomic E-state index is 0.0470. The molecule has 2 rings (SSSR count). The van der Waals surface area contributed by atoms with E-state index >= 15 is 0 Å². The highest BCUT2D eigenvalue weighted by Gasteiger charge is 2.36. The minimum Gasteiger partial charge on any atom is -0.508 e. The Bertz CT molecular complexity index is 420. The summed E-state index contributed by atoms with van der Waals surface area (Å²) in [6.07, 6.45) is -0.469. The summed E-state index contributed by atoms with van der Waals surface area (Å²) in [6.45, 7) is 0. The Morgan fingerprint density at radius 2 is 2.38 bits per heavy atom. The van der Waals surface area contributed by atoms with Crippen LogP contribution in [0.4, 0.5) is 0 Å². The number of rotatable bonds is 2. The zero-order chi connectivity index (χ0) is 11.7. The number of benzene rings is 1. The standard InChI is InChI=1S/C10H11BO5/c1-15-10(13)5-9-7-3-2-6(12)4-8(7)11(14)16-9/h2-4,9,12,14H,5H2,1H3. The van der Waals surface area contributed by atoms with E-state index in [4.69, 9.17) is 4.65 Å². The van der Waals surface area contributed by atoms with Gasteiger partial charge in [-0.25, -0.2) is 0 Å². The molecule has 0 fully saturated rings. The van der Waals surface area contributed by atoms with Crippen LogP contribution in [0.15, 0.2) is 18.2 Å². The van der Waals surface area contributed by atoms with Crippen LogP contribution in [0, 0.1) is 0 Å². The van der Waals surface area contributed by atoms with Crippen molar-refractivity contribution in [1.82, 2.24) is 0 Å². The molecule has 1 unspecified atom stereocenters. The predicted molar refractivity (Wildman–Crippen MR) is 56.2 cm³/mol. The van der Waals surface area contributed by atoms with E-state index in [1.165, 1.54) is 19.2 Å². The van der Waals surface area contributed by atoms with E-state index in [2.05, 4.69) is 4.74 Å². The molecule has 1 heterocycles. The molecule has 0 saturated carbocycles. The van der Waals surface area contributed by atoms with E-state index in [1.54, 1.807) is 6.07 Å². The molecule has 1 aromatic carbocycles. The second-order valence-electron chi connectivity index (χ2n) is 3.57. The van der Waals surface area contributed by atoms with Gasteiger partial charge in [-0.15, -0.1) is 0 Å². The van der Waals surface area contributed by atoms with Gasteiger partial charge in [-0.05, 0) is 23.2 Å². The molecule has 84 valence electrons. The Labute approximate surface area is 92.8 Å². The molecular weight excluding hydrogens is 211 g/mol. The van der Waals surface area contributed by atoms with Crippen LogP contribution in [0.5, 0.6) is 5.75 Å². The van der Waals surface area contributed by atoms with Gasteiger partial charge in [0, 0.05) is 0 Å². The lowest BCUT2D eigenvalue weighted by atomic mass is 9.79. The Balaban J connectivity index is 2.25. The maximum Gasteiger partial charge on any atom is 0.492 e. The molecule has 0 aromatic heterocycles. The molecule has 0 bridgehead atoms. The van der Waals surface area contributed by atoms with E-state index in [-0.39, 0.29) is 12.2 Å². The molecule has 1 aromatic rings. The van der Waals surface area contributed by atoms with Gasteiger partial charge >= 0.3 is 13.1 Å². The molecule has 0 amide bonds. The van der Waals surface area contributed by atoms with E-state index in [0.717, 1.165) is 0 Å². The number of methoxy groups -OCH3 is 1. The summed E-state index contributed by atoms with van der Waals surface area (Å²) >= 11 is 0. The van der Waals surface area contributed by atoms with Crippen molar-refractivity contribution in [3.05, 3.63) is 23.8 Å². The number of phenolic OH excluding ortho intramolecular Hbond substituents is 1. The highest BCUT2D eigenvalue weighted by atomic mass is 16.5. The molecule has 0 radical (unpaired) electrons. The van der Waals surface area contributed by atoms with Gasteiger partial charge < -0.3 is 19.5 Å². The summed E-state index contributed by atoms with van der Waals surface area (Å²) in [5.74, 6) is -0.349. The van der Waals surface area contributed by atoms with Gasteiger partial charge in [0.2, 0.25) is 0 Å². The molecule has 0 spiro atoms. The third-order valence-corrected chi connectivity index (χ3v) is 2.56. The molecular formula is C10H11BO5. The second-order valence-corrected chi connectivity index (χ2v) is 3.57. The summed E-state index contributed by atoms with van der Waals surface area (Å²) in [7, 11) is 0.197. The number of phenols is 1. The summed E-state index contributed by atoms with van der Waals surface area (Å²) in [5, 5.41) is 18.8. The van der Waals surface area contributed by atoms with Crippen LogP contribution in [-0.2, 0) is 14.2 Å². The highest BCUT2D eigenvalue weighted by molar-refractivity contribution is 6.61. The van der Waals surface area contributed by atoms with Gasteiger partial charge in [0.15, 0.2) is 0 Å². The van der Waals surface area contributed by atoms with Crippen molar-refractivity contribution >= 4 is 18.6 Å². The quantitative estimate of drug-likeness (QED) is 0.531. The summed E-state index contributed by atoms with van der Waals surface area (Å²) in [5.41, 5.74) is 1.20. The summed E-state index contributed by atoms with van der Waals surface area (Å²) in [4.78, 5) is 11.1. The number of carbonyl (C=O) groups excluding carboxylic acids is 1. The van der Waals surface area contributed by atoms with Crippen LogP contribution in [0.2, 0.25) is 0 Å². The number of esters is 1. The fourth-order valence-corrected chi connectivity index (χ4v) is 1.76. The van der Waals surface area contributed by atoms with Gasteiger partial charge in [0.1, 0.15) is 5.75 Å². The van der Waals surface area contributed by atoms with Crippen molar-refractivity contribution < 1.29 is 24.3 Å². The fraction of sp³-hybridized carbons (Fsp3) is 0.300. The zero-order valence-corrected chi connectivity index (χ0v) is 8.71. The average Bonchev–Trinajstić information content (AvgIpc) is 2.55. The van der Waals surface area contributed by atoms with Crippen molar-refractivity contribution in [3.63, 3.8) is 0 Å². The molecule has 2 N–H and O–H groups in total. The van der Waals surface area contributed by atoms with Gasteiger partial charge in [-0.3, -0.25) is 4.79 Å². The van der Waals surface area contributed by atoms with Crippen molar-refractivity contribution in [1.29, 1.82) is 0 Å². The Kier molecular flexibility index (Phi) is 2.85. The Hall–Kier alpha value is -1.53. The first-order valence-corrected chi connectivity index (χ1v) is 4.85. The Morgan fingerprint density at radius 3 is 3.06 bits per heavy atom. The lowest BCUT2D eigenvalue weighted by Crippen LogP contribution is -2.27. The van der Waals surface area contributed by atoms with Crippen molar-refractivity contribution in [2.75, 3.05) is 7.11 Å². The van der Waals surface area contributed by atoms with Gasteiger partial charge in [-0.2, -0.15) is 0 Å². The van der Waals surface area contributed by atoms with Gasteiger partial charge in [0.25, 0.3) is 0 Å². The van der Waals surface area contributed by atoms with E-state index in [1.807, 2.05) is 0 Å². The third-order valence-electron chi connectivity index (χ3n) is 2.56. The molecule has 0 aliphatic carbocycles. The molecule has 1 aliphatic heterocycles. The minimum atomic E-state index is -1.10. The number of fused-ring (bicyclic) bond motifs is 1. The van der Waals surface area contributed by atoms with Crippen molar-refractivity contribution in [2.45, 2.75) is 12.5 Å². The number of hydrogen-bond donors (Lipinski definition) is 2. The molecule has 1 aliphatic rings. The predicted octanol–water partition coefficient (Wildman–Crippen LogP) is -0.286. The van der Waals surface area contributed by atoms with Crippen LogP contribution in [0.1, 0.15) is 18.1 Å². The topological polar surface area (TPSA) is 76.0 Å². The van der Waals surface area contributed by atoms with Crippen LogP contribution >= 0.6 is 0 Å². The number of aromatic hydroxyl groups is 1. The SMILES string of the molecule is COC(=O)CC1OB(O)c2cc(O)ccc21. The van der Waals surface area contributed by atoms with E-state index < -0.39 is 19.2 Å². The van der Waals surface area contributed by atoms with Crippen molar-refractivity contribution in [3.8, 4) is 5.75 Å². The maximum atomic E-state index is 11.1. The van der Waals surface area contributed by atoms with Crippen LogP contribution in [-0.4, -0.2) is 30.3 Å². The highest BCUT2D eigenvalue weighted by Crippen LogP contribution is 2.28. The fourth-order valence-electron chi connectivity index (χ4n) is 1.76. The van der Waals surface area contributed by atoms with Crippen molar-refractivity contribution in [2.24, 2.45) is 0 Å². The van der Waals surface area contributed by atoms with Gasteiger partial charge in [-0.1, -0.05) is 6.07 Å². The van der Waals surface area contributed by atoms with Crippen LogP contribution in [0.3, 0.4) is 0 Å². The lowest BCUT2D eigenvalue weighted by Gasteiger charge is -2.10.